The molecule has 1 N–H and O–H groups in total. The fourth-order valence-electron chi connectivity index (χ4n) is 3.23. The summed E-state index contributed by atoms with van der Waals surface area (Å²) >= 11 is 0. The summed E-state index contributed by atoms with van der Waals surface area (Å²) in [6.45, 7) is 4.88. The first-order valence-electron chi connectivity index (χ1n) is 7.44. The number of carbonyl (C=O) groups excluding carboxylic acids is 1. The molecule has 2 saturated heterocycles. The molecule has 0 aliphatic carbocycles. The van der Waals surface area contributed by atoms with E-state index in [1.807, 2.05) is 0 Å². The van der Waals surface area contributed by atoms with Gasteiger partial charge >= 0.3 is 0 Å². The molecule has 0 saturated carbocycles. The van der Waals surface area contributed by atoms with Crippen molar-refractivity contribution >= 4 is 5.91 Å². The minimum Gasteiger partial charge on any atom is -0.363 e. The van der Waals surface area contributed by atoms with Crippen LogP contribution in [0.1, 0.15) is 18.9 Å². The summed E-state index contributed by atoms with van der Waals surface area (Å²) < 4.78 is 19.6. The Labute approximate surface area is 124 Å². The van der Waals surface area contributed by atoms with Crippen molar-refractivity contribution in [3.05, 3.63) is 35.6 Å². The zero-order chi connectivity index (χ0) is 14.9. The maximum atomic E-state index is 13.8. The lowest BCUT2D eigenvalue weighted by molar-refractivity contribution is -0.170. The molecule has 2 atom stereocenters. The molecule has 114 valence electrons. The summed E-state index contributed by atoms with van der Waals surface area (Å²) in [6.07, 6.45) is 1.05. The Hall–Kier alpha value is -1.46. The Balaban J connectivity index is 1.74. The quantitative estimate of drug-likeness (QED) is 0.919. The molecule has 0 aromatic heterocycles. The van der Waals surface area contributed by atoms with Crippen LogP contribution in [-0.2, 0) is 16.1 Å². The Morgan fingerprint density at radius 3 is 3.00 bits per heavy atom. The summed E-state index contributed by atoms with van der Waals surface area (Å²) in [5, 5.41) is 3.34. The van der Waals surface area contributed by atoms with Gasteiger partial charge in [0.2, 0.25) is 5.91 Å². The predicted octanol–water partition coefficient (Wildman–Crippen LogP) is 1.55. The van der Waals surface area contributed by atoms with Crippen LogP contribution in [0.25, 0.3) is 0 Å². The zero-order valence-corrected chi connectivity index (χ0v) is 12.3. The second-order valence-corrected chi connectivity index (χ2v) is 6.13. The fraction of sp³-hybridized carbons (Fsp3) is 0.562. The van der Waals surface area contributed by atoms with Crippen LogP contribution in [0.15, 0.2) is 24.3 Å². The van der Waals surface area contributed by atoms with Gasteiger partial charge in [0.05, 0.1) is 12.1 Å². The lowest BCUT2D eigenvalue weighted by Gasteiger charge is -2.43. The Morgan fingerprint density at radius 1 is 1.48 bits per heavy atom. The van der Waals surface area contributed by atoms with Gasteiger partial charge in [0.1, 0.15) is 12.4 Å². The number of nitrogens with zero attached hydrogens (tertiary/aromatic N) is 1. The van der Waals surface area contributed by atoms with Gasteiger partial charge < -0.3 is 15.0 Å². The van der Waals surface area contributed by atoms with Gasteiger partial charge in [-0.15, -0.1) is 0 Å². The second-order valence-electron chi connectivity index (χ2n) is 6.13. The lowest BCUT2D eigenvalue weighted by atomic mass is 9.86. The standard InChI is InChI=1S/C16H21FN2O2/c1-16(13-6-7-18-8-13)11-19(15(20)10-21-16)9-12-4-2-3-5-14(12)17/h2-5,13,18H,6-11H2,1H3. The van der Waals surface area contributed by atoms with E-state index in [2.05, 4.69) is 12.2 Å². The summed E-state index contributed by atoms with van der Waals surface area (Å²) in [7, 11) is 0. The average Bonchev–Trinajstić information content (AvgIpc) is 3.00. The van der Waals surface area contributed by atoms with E-state index in [9.17, 15) is 9.18 Å². The van der Waals surface area contributed by atoms with E-state index in [4.69, 9.17) is 4.74 Å². The van der Waals surface area contributed by atoms with Gasteiger partial charge in [-0.3, -0.25) is 4.79 Å². The number of ether oxygens (including phenoxy) is 1. The Kier molecular flexibility index (Phi) is 3.95. The fourth-order valence-corrected chi connectivity index (χ4v) is 3.23. The minimum atomic E-state index is -0.345. The van der Waals surface area contributed by atoms with Crippen LogP contribution >= 0.6 is 0 Å². The normalized spacial score (nSPS) is 29.9. The molecule has 2 aliphatic rings. The molecule has 0 radical (unpaired) electrons. The summed E-state index contributed by atoms with van der Waals surface area (Å²) in [5.41, 5.74) is 0.211. The van der Waals surface area contributed by atoms with Gasteiger partial charge in [0.15, 0.2) is 0 Å². The van der Waals surface area contributed by atoms with E-state index in [0.29, 0.717) is 24.6 Å². The van der Waals surface area contributed by atoms with Gasteiger partial charge in [0, 0.05) is 24.6 Å². The third-order valence-electron chi connectivity index (χ3n) is 4.63. The van der Waals surface area contributed by atoms with Crippen LogP contribution in [0.2, 0.25) is 0 Å². The number of rotatable bonds is 3. The molecule has 2 unspecified atom stereocenters. The van der Waals surface area contributed by atoms with Gasteiger partial charge in [-0.2, -0.15) is 0 Å². The van der Waals surface area contributed by atoms with Crippen LogP contribution < -0.4 is 5.32 Å². The first-order chi connectivity index (χ1) is 10.1. The second kappa shape index (κ2) is 5.73. The van der Waals surface area contributed by atoms with Crippen molar-refractivity contribution in [2.24, 2.45) is 5.92 Å². The van der Waals surface area contributed by atoms with Crippen molar-refractivity contribution in [1.29, 1.82) is 0 Å². The molecule has 2 heterocycles. The smallest absolute Gasteiger partial charge is 0.249 e. The summed E-state index contributed by atoms with van der Waals surface area (Å²) in [6, 6.07) is 6.62. The monoisotopic (exact) mass is 292 g/mol. The average molecular weight is 292 g/mol. The molecular weight excluding hydrogens is 271 g/mol. The molecule has 2 fully saturated rings. The molecule has 3 rings (SSSR count). The zero-order valence-electron chi connectivity index (χ0n) is 12.3. The molecular formula is C16H21FN2O2. The Bertz CT molecular complexity index is 531. The number of hydrogen-bond donors (Lipinski definition) is 1. The van der Waals surface area contributed by atoms with Crippen molar-refractivity contribution in [3.63, 3.8) is 0 Å². The van der Waals surface area contributed by atoms with Crippen molar-refractivity contribution in [2.75, 3.05) is 26.2 Å². The van der Waals surface area contributed by atoms with E-state index < -0.39 is 0 Å². The number of amides is 1. The van der Waals surface area contributed by atoms with E-state index in [0.717, 1.165) is 19.5 Å². The molecule has 5 heteroatoms. The van der Waals surface area contributed by atoms with Gasteiger partial charge in [-0.25, -0.2) is 4.39 Å². The molecule has 1 amide bonds. The first-order valence-corrected chi connectivity index (χ1v) is 7.44. The van der Waals surface area contributed by atoms with Crippen molar-refractivity contribution in [2.45, 2.75) is 25.5 Å². The highest BCUT2D eigenvalue weighted by molar-refractivity contribution is 5.78. The maximum Gasteiger partial charge on any atom is 0.249 e. The third kappa shape index (κ3) is 2.94. The number of morpholine rings is 1. The highest BCUT2D eigenvalue weighted by Gasteiger charge is 2.43. The Morgan fingerprint density at radius 2 is 2.29 bits per heavy atom. The lowest BCUT2D eigenvalue weighted by Crippen LogP contribution is -2.56. The summed E-state index contributed by atoms with van der Waals surface area (Å²) in [4.78, 5) is 13.8. The molecule has 2 aliphatic heterocycles. The molecule has 21 heavy (non-hydrogen) atoms. The van der Waals surface area contributed by atoms with Crippen molar-refractivity contribution in [3.8, 4) is 0 Å². The number of carbonyl (C=O) groups is 1. The highest BCUT2D eigenvalue weighted by atomic mass is 19.1. The van der Waals surface area contributed by atoms with Gasteiger partial charge in [-0.1, -0.05) is 18.2 Å². The molecule has 1 aromatic rings. The van der Waals surface area contributed by atoms with E-state index in [1.54, 1.807) is 23.1 Å². The number of nitrogens with one attached hydrogen (secondary N) is 1. The van der Waals surface area contributed by atoms with E-state index >= 15 is 0 Å². The van der Waals surface area contributed by atoms with Crippen LogP contribution in [0.4, 0.5) is 4.39 Å². The summed E-state index contributed by atoms with van der Waals surface area (Å²) in [5.74, 6) is 0.0661. The van der Waals surface area contributed by atoms with Crippen LogP contribution in [0.3, 0.4) is 0 Å². The number of halogens is 1. The first kappa shape index (κ1) is 14.5. The topological polar surface area (TPSA) is 41.6 Å². The molecule has 0 spiro atoms. The van der Waals surface area contributed by atoms with Gasteiger partial charge in [0.25, 0.3) is 0 Å². The molecule has 0 bridgehead atoms. The molecule has 4 nitrogen and oxygen atoms in total. The number of benzene rings is 1. The van der Waals surface area contributed by atoms with E-state index in [1.165, 1.54) is 6.07 Å². The third-order valence-corrected chi connectivity index (χ3v) is 4.63. The van der Waals surface area contributed by atoms with Crippen LogP contribution in [-0.4, -0.2) is 42.6 Å². The highest BCUT2D eigenvalue weighted by Crippen LogP contribution is 2.31. The van der Waals surface area contributed by atoms with Gasteiger partial charge in [-0.05, 0) is 26.0 Å². The van der Waals surface area contributed by atoms with Crippen LogP contribution in [0.5, 0.6) is 0 Å². The predicted molar refractivity (Wildman–Crippen MR) is 77.2 cm³/mol. The van der Waals surface area contributed by atoms with Crippen molar-refractivity contribution in [1.82, 2.24) is 10.2 Å². The molecule has 1 aromatic carbocycles. The maximum absolute atomic E-state index is 13.8. The number of hydrogen-bond acceptors (Lipinski definition) is 3. The van der Waals surface area contributed by atoms with Crippen LogP contribution in [0, 0.1) is 11.7 Å². The largest absolute Gasteiger partial charge is 0.363 e. The SMILES string of the molecule is CC1(C2CCNC2)CN(Cc2ccccc2F)C(=O)CO1. The van der Waals surface area contributed by atoms with E-state index in [-0.39, 0.29) is 23.9 Å². The minimum absolute atomic E-state index is 0.0679. The van der Waals surface area contributed by atoms with Crippen molar-refractivity contribution < 1.29 is 13.9 Å².